The number of aliphatic hydroxyl groups excluding tert-OH is 1. The smallest absolute Gasteiger partial charge is 0.306 e. The monoisotopic (exact) mass is 729 g/mol. The van der Waals surface area contributed by atoms with E-state index in [1.807, 2.05) is 70.0 Å². The highest BCUT2D eigenvalue weighted by atomic mass is 32.1. The quantitative estimate of drug-likeness (QED) is 0.176. The van der Waals surface area contributed by atoms with Crippen LogP contribution in [0.4, 0.5) is 0 Å². The molecule has 2 heterocycles. The van der Waals surface area contributed by atoms with E-state index in [9.17, 15) is 34.2 Å². The van der Waals surface area contributed by atoms with Crippen LogP contribution in [-0.4, -0.2) is 106 Å². The Hall–Kier alpha value is -3.88. The zero-order valence-electron chi connectivity index (χ0n) is 31.0. The van der Waals surface area contributed by atoms with Gasteiger partial charge in [0.15, 0.2) is 6.10 Å². The highest BCUT2D eigenvalue weighted by Gasteiger charge is 2.37. The van der Waals surface area contributed by atoms with Gasteiger partial charge in [-0.3, -0.25) is 28.9 Å². The summed E-state index contributed by atoms with van der Waals surface area (Å²) in [6, 6.07) is 7.20. The molecule has 3 rings (SSSR count). The van der Waals surface area contributed by atoms with Crippen LogP contribution in [0.1, 0.15) is 94.4 Å². The van der Waals surface area contributed by atoms with Crippen molar-refractivity contribution in [2.45, 2.75) is 110 Å². The number of nitrogens with zero attached hydrogens (tertiary/aromatic N) is 3. The summed E-state index contributed by atoms with van der Waals surface area (Å²) in [5, 5.41) is 27.5. The SMILES string of the molecule is CC(=O)OC(CC(C(C)C)N(C)C(=O)C(NC(=O)[C@H]1C[C@H](O)CCN1C)C(C)C)c1nc(C(=O)NC(Cc2ccccc2)CC(C)C(=O)O)cs1. The maximum atomic E-state index is 14.0. The van der Waals surface area contributed by atoms with E-state index >= 15 is 0 Å². The summed E-state index contributed by atoms with van der Waals surface area (Å²) < 4.78 is 5.73. The van der Waals surface area contributed by atoms with Crippen LogP contribution in [0.3, 0.4) is 0 Å². The number of aliphatic carboxylic acids is 1. The molecule has 13 nitrogen and oxygen atoms in total. The van der Waals surface area contributed by atoms with E-state index < -0.39 is 60.1 Å². The highest BCUT2D eigenvalue weighted by molar-refractivity contribution is 7.09. The van der Waals surface area contributed by atoms with Crippen LogP contribution in [0.2, 0.25) is 0 Å². The number of nitrogens with one attached hydrogen (secondary N) is 2. The maximum Gasteiger partial charge on any atom is 0.306 e. The fourth-order valence-corrected chi connectivity index (χ4v) is 7.27. The Morgan fingerprint density at radius 1 is 1.04 bits per heavy atom. The van der Waals surface area contributed by atoms with Crippen molar-refractivity contribution in [3.05, 3.63) is 52.0 Å². The third-order valence-electron chi connectivity index (χ3n) is 9.50. The molecule has 3 amide bonds. The Labute approximate surface area is 305 Å². The van der Waals surface area contributed by atoms with Crippen molar-refractivity contribution in [2.24, 2.45) is 17.8 Å². The number of piperidine rings is 1. The highest BCUT2D eigenvalue weighted by Crippen LogP contribution is 2.31. The molecule has 2 aromatic rings. The zero-order valence-corrected chi connectivity index (χ0v) is 31.8. The summed E-state index contributed by atoms with van der Waals surface area (Å²) in [4.78, 5) is 72.7. The molecule has 7 atom stereocenters. The van der Waals surface area contributed by atoms with Crippen LogP contribution in [-0.2, 0) is 30.3 Å². The molecule has 0 bridgehead atoms. The molecule has 1 aliphatic heterocycles. The first-order valence-corrected chi connectivity index (χ1v) is 18.5. The van der Waals surface area contributed by atoms with Gasteiger partial charge >= 0.3 is 11.9 Å². The van der Waals surface area contributed by atoms with Crippen LogP contribution in [0, 0.1) is 17.8 Å². The predicted molar refractivity (Wildman–Crippen MR) is 194 cm³/mol. The third kappa shape index (κ3) is 12.1. The summed E-state index contributed by atoms with van der Waals surface area (Å²) in [6.07, 6.45) is 0.275. The second-order valence-electron chi connectivity index (χ2n) is 14.4. The average Bonchev–Trinajstić information content (AvgIpc) is 3.56. The van der Waals surface area contributed by atoms with Crippen molar-refractivity contribution in [3.8, 4) is 0 Å². The lowest BCUT2D eigenvalue weighted by Crippen LogP contribution is -2.58. The number of likely N-dealkylation sites (N-methyl/N-ethyl adjacent to an activating group) is 2. The zero-order chi connectivity index (χ0) is 38.0. The molecule has 1 aromatic heterocycles. The van der Waals surface area contributed by atoms with E-state index in [4.69, 9.17) is 4.74 Å². The Morgan fingerprint density at radius 3 is 2.29 bits per heavy atom. The molecule has 0 aliphatic carbocycles. The molecule has 4 N–H and O–H groups in total. The molecule has 0 radical (unpaired) electrons. The fourth-order valence-electron chi connectivity index (χ4n) is 6.43. The lowest BCUT2D eigenvalue weighted by Gasteiger charge is -2.38. The van der Waals surface area contributed by atoms with Gasteiger partial charge in [-0.25, -0.2) is 4.98 Å². The Morgan fingerprint density at radius 2 is 1.71 bits per heavy atom. The summed E-state index contributed by atoms with van der Waals surface area (Å²) in [5.74, 6) is -3.58. The van der Waals surface area contributed by atoms with Gasteiger partial charge in [0.2, 0.25) is 11.8 Å². The van der Waals surface area contributed by atoms with Gasteiger partial charge in [-0.2, -0.15) is 0 Å². The number of carboxylic acid groups (broad SMARTS) is 1. The fraction of sp³-hybridized carbons (Fsp3) is 0.622. The van der Waals surface area contributed by atoms with Crippen LogP contribution < -0.4 is 10.6 Å². The summed E-state index contributed by atoms with van der Waals surface area (Å²) >= 11 is 1.16. The molecular weight excluding hydrogens is 675 g/mol. The van der Waals surface area contributed by atoms with E-state index in [1.54, 1.807) is 24.3 Å². The first kappa shape index (κ1) is 41.5. The number of esters is 1. The standard InChI is InChI=1S/C37H55N5O8S/c1-21(2)29(42(8)36(47)32(22(3)4)40-34(46)30-18-27(44)14-15-41(30)7)19-31(50-24(6)43)35-39-28(20-51-35)33(45)38-26(16-23(5)37(48)49)17-25-12-10-9-11-13-25/h9-13,20-23,26-27,29-32,44H,14-19H2,1-8H3,(H,38,45)(H,40,46)(H,48,49)/t23?,26?,27-,29?,30-,31?,32?/m1/s1. The minimum absolute atomic E-state index is 0.0853. The molecule has 1 aliphatic rings. The number of carbonyl (C=O) groups excluding carboxylic acids is 4. The number of carboxylic acids is 1. The number of likely N-dealkylation sites (tertiary alicyclic amines) is 1. The minimum Gasteiger partial charge on any atom is -0.481 e. The van der Waals surface area contributed by atoms with Gasteiger partial charge in [0, 0.05) is 44.4 Å². The van der Waals surface area contributed by atoms with Crippen molar-refractivity contribution in [1.29, 1.82) is 0 Å². The number of hydrogen-bond donors (Lipinski definition) is 4. The Bertz CT molecular complexity index is 1480. The van der Waals surface area contributed by atoms with Gasteiger partial charge in [0.25, 0.3) is 5.91 Å². The molecule has 51 heavy (non-hydrogen) atoms. The number of benzene rings is 1. The number of amides is 3. The molecule has 1 fully saturated rings. The third-order valence-corrected chi connectivity index (χ3v) is 10.4. The Balaban J connectivity index is 1.79. The first-order chi connectivity index (χ1) is 24.0. The van der Waals surface area contributed by atoms with E-state index in [1.165, 1.54) is 6.92 Å². The van der Waals surface area contributed by atoms with Gasteiger partial charge in [0.1, 0.15) is 16.7 Å². The number of thiazole rings is 1. The predicted octanol–water partition coefficient (Wildman–Crippen LogP) is 3.67. The van der Waals surface area contributed by atoms with Crippen molar-refractivity contribution in [3.63, 3.8) is 0 Å². The number of hydrogen-bond acceptors (Lipinski definition) is 10. The summed E-state index contributed by atoms with van der Waals surface area (Å²) in [7, 11) is 3.50. The van der Waals surface area contributed by atoms with Crippen molar-refractivity contribution >= 4 is 41.0 Å². The largest absolute Gasteiger partial charge is 0.481 e. The molecular formula is C37H55N5O8S. The van der Waals surface area contributed by atoms with Gasteiger partial charge in [0.05, 0.1) is 18.1 Å². The lowest BCUT2D eigenvalue weighted by atomic mass is 9.93. The van der Waals surface area contributed by atoms with Crippen LogP contribution in [0.5, 0.6) is 0 Å². The van der Waals surface area contributed by atoms with Gasteiger partial charge in [-0.1, -0.05) is 65.0 Å². The lowest BCUT2D eigenvalue weighted by molar-refractivity contribution is -0.149. The number of rotatable bonds is 17. The topological polar surface area (TPSA) is 178 Å². The van der Waals surface area contributed by atoms with Crippen molar-refractivity contribution < 1.29 is 38.9 Å². The van der Waals surface area contributed by atoms with E-state index in [2.05, 4.69) is 15.6 Å². The Kier molecular flexibility index (Phi) is 15.6. The number of ether oxygens (including phenoxy) is 1. The molecule has 1 aromatic carbocycles. The van der Waals surface area contributed by atoms with Crippen LogP contribution in [0.25, 0.3) is 0 Å². The summed E-state index contributed by atoms with van der Waals surface area (Å²) in [5.41, 5.74) is 1.06. The van der Waals surface area contributed by atoms with E-state index in [0.717, 1.165) is 16.9 Å². The number of aliphatic hydroxyl groups is 1. The van der Waals surface area contributed by atoms with Crippen LogP contribution >= 0.6 is 11.3 Å². The first-order valence-electron chi connectivity index (χ1n) is 17.6. The van der Waals surface area contributed by atoms with E-state index in [0.29, 0.717) is 30.8 Å². The van der Waals surface area contributed by atoms with E-state index in [-0.39, 0.29) is 42.2 Å². The number of carbonyl (C=O) groups is 5. The molecule has 282 valence electrons. The molecule has 0 saturated carbocycles. The van der Waals surface area contributed by atoms with Crippen molar-refractivity contribution in [1.82, 2.24) is 25.4 Å². The van der Waals surface area contributed by atoms with Gasteiger partial charge in [-0.15, -0.1) is 11.3 Å². The van der Waals surface area contributed by atoms with Crippen LogP contribution in [0.15, 0.2) is 35.7 Å². The average molecular weight is 730 g/mol. The molecule has 14 heteroatoms. The second-order valence-corrected chi connectivity index (χ2v) is 15.3. The molecule has 1 saturated heterocycles. The number of aromatic nitrogens is 1. The maximum absolute atomic E-state index is 14.0. The molecule has 5 unspecified atom stereocenters. The summed E-state index contributed by atoms with van der Waals surface area (Å²) in [6.45, 7) is 11.1. The minimum atomic E-state index is -0.954. The van der Waals surface area contributed by atoms with Gasteiger partial charge in [-0.05, 0) is 50.1 Å². The normalized spacial score (nSPS) is 19.4. The van der Waals surface area contributed by atoms with Crippen molar-refractivity contribution in [2.75, 3.05) is 20.6 Å². The molecule has 0 spiro atoms. The second kappa shape index (κ2) is 19.1. The van der Waals surface area contributed by atoms with Gasteiger partial charge < -0.3 is 30.5 Å².